The molecule has 0 amide bonds. The Labute approximate surface area is 231 Å². The van der Waals surface area contributed by atoms with Crippen LogP contribution in [0.25, 0.3) is 0 Å². The number of rotatable bonds is 30. The second-order valence-corrected chi connectivity index (χ2v) is 9.98. The molecule has 0 radical (unpaired) electrons. The zero-order valence-corrected chi connectivity index (χ0v) is 25.3. The number of halogens is 1. The molecule has 0 unspecified atom stereocenters. The van der Waals surface area contributed by atoms with Crippen molar-refractivity contribution in [3.63, 3.8) is 0 Å². The van der Waals surface area contributed by atoms with E-state index < -0.39 is 0 Å². The maximum absolute atomic E-state index is 6.47. The third kappa shape index (κ3) is 34.1. The van der Waals surface area contributed by atoms with E-state index in [0.717, 1.165) is 59.3 Å². The van der Waals surface area contributed by atoms with E-state index in [1.54, 1.807) is 0 Å². The zero-order chi connectivity index (χ0) is 26.8. The van der Waals surface area contributed by atoms with E-state index >= 15 is 0 Å². The fourth-order valence-corrected chi connectivity index (χ4v) is 4.18. The minimum absolute atomic E-state index is 0.823. The van der Waals surface area contributed by atoms with Gasteiger partial charge in [-0.2, -0.15) is 0 Å². The van der Waals surface area contributed by atoms with Gasteiger partial charge in [0.25, 0.3) is 0 Å². The Morgan fingerprint density at radius 1 is 0.389 bits per heavy atom. The molecule has 0 aromatic carbocycles. The molecule has 0 spiro atoms. The van der Waals surface area contributed by atoms with Gasteiger partial charge in [-0.15, -0.1) is 0 Å². The van der Waals surface area contributed by atoms with Crippen molar-refractivity contribution in [3.8, 4) is 0 Å². The first-order valence-electron chi connectivity index (χ1n) is 15.5. The number of hydrogen-bond acceptors (Lipinski definition) is 5. The average Bonchev–Trinajstić information content (AvgIpc) is 2.90. The van der Waals surface area contributed by atoms with Gasteiger partial charge in [0.15, 0.2) is 0 Å². The highest BCUT2D eigenvalue weighted by Crippen LogP contribution is 2.07. The Morgan fingerprint density at radius 3 is 0.917 bits per heavy atom. The fraction of sp³-hybridized carbons (Fsp3) is 1.00. The van der Waals surface area contributed by atoms with Crippen molar-refractivity contribution >= 4 is 11.9 Å². The molecule has 5 nitrogen and oxygen atoms in total. The zero-order valence-electron chi connectivity index (χ0n) is 24.6. The third-order valence-electron chi connectivity index (χ3n) is 6.58. The van der Waals surface area contributed by atoms with Crippen LogP contribution in [0.3, 0.4) is 0 Å². The van der Waals surface area contributed by atoms with E-state index in [1.807, 2.05) is 0 Å². The molecule has 36 heavy (non-hydrogen) atoms. The first-order valence-corrected chi connectivity index (χ1v) is 15.8. The van der Waals surface area contributed by atoms with Gasteiger partial charge in [-0.3, -0.25) is 9.56 Å². The van der Waals surface area contributed by atoms with Crippen molar-refractivity contribution < 1.29 is 18.9 Å². The van der Waals surface area contributed by atoms with E-state index in [1.165, 1.54) is 116 Å². The van der Waals surface area contributed by atoms with Crippen molar-refractivity contribution in [3.05, 3.63) is 0 Å². The van der Waals surface area contributed by atoms with Crippen molar-refractivity contribution in [1.29, 1.82) is 0 Å². The normalized spacial score (nSPS) is 11.2. The maximum atomic E-state index is 6.47. The highest BCUT2D eigenvalue weighted by atomic mass is 35.5. The summed E-state index contributed by atoms with van der Waals surface area (Å²) in [4.78, 5) is 2.46. The number of nitrogens with zero attached hydrogens (tertiary/aromatic N) is 1. The molecule has 0 aliphatic rings. The van der Waals surface area contributed by atoms with Crippen LogP contribution in [0.5, 0.6) is 0 Å². The van der Waals surface area contributed by atoms with Crippen LogP contribution in [-0.2, 0) is 14.2 Å². The van der Waals surface area contributed by atoms with Gasteiger partial charge in [0.2, 0.25) is 0 Å². The Kier molecular flexibility index (Phi) is 39.6. The summed E-state index contributed by atoms with van der Waals surface area (Å²) in [5, 5.41) is 0. The van der Waals surface area contributed by atoms with Crippen LogP contribution in [0.2, 0.25) is 0 Å². The maximum Gasteiger partial charge on any atom is 0.0593 e. The van der Waals surface area contributed by atoms with E-state index in [0.29, 0.717) is 0 Å². The number of unbranched alkanes of at least 4 members (excludes halogenated alkanes) is 15. The van der Waals surface area contributed by atoms with Crippen LogP contribution >= 0.6 is 11.9 Å². The first-order chi connectivity index (χ1) is 17.8. The molecule has 0 heterocycles. The van der Waals surface area contributed by atoms with Gasteiger partial charge in [-0.1, -0.05) is 117 Å². The average molecular weight is 538 g/mol. The highest BCUT2D eigenvalue weighted by molar-refractivity contribution is 6.04. The Bertz CT molecular complexity index is 312. The summed E-state index contributed by atoms with van der Waals surface area (Å²) >= 11 is 3.64. The summed E-state index contributed by atoms with van der Waals surface area (Å²) in [6, 6.07) is 0. The molecule has 0 aliphatic carbocycles. The van der Waals surface area contributed by atoms with Crippen molar-refractivity contribution in [2.24, 2.45) is 0 Å². The predicted molar refractivity (Wildman–Crippen MR) is 157 cm³/mol. The molecule has 220 valence electrons. The third-order valence-corrected chi connectivity index (χ3v) is 6.58. The van der Waals surface area contributed by atoms with E-state index in [-0.39, 0.29) is 0 Å². The van der Waals surface area contributed by atoms with Gasteiger partial charge < -0.3 is 14.2 Å². The lowest BCUT2D eigenvalue weighted by molar-refractivity contribution is 0.0506. The lowest BCUT2D eigenvalue weighted by Gasteiger charge is -2.22. The highest BCUT2D eigenvalue weighted by Gasteiger charge is 2.06. The summed E-state index contributed by atoms with van der Waals surface area (Å²) in [6.45, 7) is 15.0. The predicted octanol–water partition coefficient (Wildman–Crippen LogP) is 8.55. The molecule has 0 fully saturated rings. The second kappa shape index (κ2) is 37.2. The van der Waals surface area contributed by atoms with Crippen LogP contribution in [0, 0.1) is 0 Å². The lowest BCUT2D eigenvalue weighted by atomic mass is 10.1. The molecular formula is C30H64ClNO4. The topological polar surface area (TPSA) is 51.2 Å². The molecule has 0 saturated carbocycles. The van der Waals surface area contributed by atoms with Crippen molar-refractivity contribution in [1.82, 2.24) is 4.90 Å². The minimum atomic E-state index is 0.823. The summed E-state index contributed by atoms with van der Waals surface area (Å²) in [7, 11) is 0. The van der Waals surface area contributed by atoms with Crippen molar-refractivity contribution in [2.75, 3.05) is 59.3 Å². The minimum Gasteiger partial charge on any atom is -0.380 e. The summed E-state index contributed by atoms with van der Waals surface area (Å²) in [5.74, 6) is 0. The smallest absolute Gasteiger partial charge is 0.0593 e. The molecule has 0 atom stereocenters. The molecule has 0 bridgehead atoms. The van der Waals surface area contributed by atoms with Gasteiger partial charge in [0.05, 0.1) is 31.7 Å². The first kappa shape index (κ1) is 38.2. The van der Waals surface area contributed by atoms with Gasteiger partial charge >= 0.3 is 0 Å². The molecular weight excluding hydrogens is 474 g/mol. The Hall–Kier alpha value is 0.0900. The summed E-state index contributed by atoms with van der Waals surface area (Å²) < 4.78 is 24.3. The molecule has 1 N–H and O–H groups in total. The molecule has 0 aromatic rings. The van der Waals surface area contributed by atoms with Crippen LogP contribution in [0.4, 0.5) is 0 Å². The largest absolute Gasteiger partial charge is 0.380 e. The molecule has 6 heteroatoms. The Morgan fingerprint density at radius 2 is 0.639 bits per heavy atom. The SMILES string of the molecule is CCCCCCCCOCCN(CCOCCCCCCCC)CCOCCCCCCCC.OCl. The lowest BCUT2D eigenvalue weighted by Crippen LogP contribution is -2.34. The molecule has 0 aliphatic heterocycles. The van der Waals surface area contributed by atoms with Crippen LogP contribution < -0.4 is 0 Å². The molecule has 0 aromatic heterocycles. The van der Waals surface area contributed by atoms with E-state index in [2.05, 4.69) is 37.5 Å². The van der Waals surface area contributed by atoms with E-state index in [4.69, 9.17) is 18.9 Å². The van der Waals surface area contributed by atoms with Gasteiger partial charge in [-0.05, 0) is 19.3 Å². The summed E-state index contributed by atoms with van der Waals surface area (Å²) in [5.41, 5.74) is 0. The quantitative estimate of drug-likeness (QED) is 0.0929. The fourth-order valence-electron chi connectivity index (χ4n) is 4.18. The monoisotopic (exact) mass is 537 g/mol. The second-order valence-electron chi connectivity index (χ2n) is 9.98. The van der Waals surface area contributed by atoms with E-state index in [9.17, 15) is 0 Å². The van der Waals surface area contributed by atoms with Gasteiger partial charge in [0, 0.05) is 39.5 Å². The van der Waals surface area contributed by atoms with Crippen molar-refractivity contribution in [2.45, 2.75) is 136 Å². The number of hydrogen-bond donors (Lipinski definition) is 1. The van der Waals surface area contributed by atoms with Crippen LogP contribution in [0.15, 0.2) is 0 Å². The standard InChI is InChI=1S/C30H63NO3.ClHO/c1-4-7-10-13-16-19-25-32-28-22-31(23-29-33-26-20-17-14-11-8-5-2)24-30-34-27-21-18-15-12-9-6-3;1-2/h4-30H2,1-3H3;2H. The van der Waals surface area contributed by atoms with Gasteiger partial charge in [0.1, 0.15) is 0 Å². The van der Waals surface area contributed by atoms with Gasteiger partial charge in [-0.25, -0.2) is 0 Å². The summed E-state index contributed by atoms with van der Waals surface area (Å²) in [6.07, 6.45) is 23.8. The van der Waals surface area contributed by atoms with Crippen LogP contribution in [0.1, 0.15) is 136 Å². The van der Waals surface area contributed by atoms with Crippen LogP contribution in [-0.4, -0.2) is 68.8 Å². The Balaban J connectivity index is 0. The number of ether oxygens (including phenoxy) is 3. The molecule has 0 rings (SSSR count). The molecule has 0 saturated heterocycles.